The molecule has 2 aromatic heterocycles. The van der Waals surface area contributed by atoms with Crippen LogP contribution in [0.4, 0.5) is 0 Å². The predicted octanol–water partition coefficient (Wildman–Crippen LogP) is 3.74. The van der Waals surface area contributed by atoms with Crippen LogP contribution in [-0.4, -0.2) is 29.8 Å². The molecule has 2 N–H and O–H groups in total. The highest BCUT2D eigenvalue weighted by Crippen LogP contribution is 2.35. The number of rotatable bonds is 3. The maximum absolute atomic E-state index is 10.6. The lowest BCUT2D eigenvalue weighted by atomic mass is 10.2. The number of aromatic hydroxyl groups is 2. The second kappa shape index (κ2) is 6.25. The van der Waals surface area contributed by atoms with Crippen LogP contribution in [0.25, 0.3) is 22.6 Å². The van der Waals surface area contributed by atoms with Crippen molar-refractivity contribution in [2.45, 2.75) is 0 Å². The van der Waals surface area contributed by atoms with Crippen LogP contribution in [0.1, 0.15) is 0 Å². The van der Waals surface area contributed by atoms with Gasteiger partial charge in [-0.15, -0.1) is 5.10 Å². The van der Waals surface area contributed by atoms with Gasteiger partial charge in [-0.2, -0.15) is 0 Å². The summed E-state index contributed by atoms with van der Waals surface area (Å²) in [5, 5.41) is 29.3. The lowest BCUT2D eigenvalue weighted by molar-refractivity contribution is 0.401. The minimum Gasteiger partial charge on any atom is -0.494 e. The summed E-state index contributed by atoms with van der Waals surface area (Å²) in [6.07, 6.45) is 0. The van der Waals surface area contributed by atoms with Crippen molar-refractivity contribution in [2.75, 3.05) is 0 Å². The van der Waals surface area contributed by atoms with E-state index in [1.54, 1.807) is 12.1 Å². The molecule has 6 nitrogen and oxygen atoms in total. The molecule has 0 bridgehead atoms. The molecule has 0 amide bonds. The Morgan fingerprint density at radius 2 is 1.52 bits per heavy atom. The van der Waals surface area contributed by atoms with E-state index in [-0.39, 0.29) is 11.8 Å². The van der Waals surface area contributed by atoms with Crippen LogP contribution < -0.4 is 0 Å². The second-order valence-corrected chi connectivity index (χ2v) is 6.41. The van der Waals surface area contributed by atoms with Gasteiger partial charge in [0.1, 0.15) is 15.1 Å². The number of benzene rings is 2. The Morgan fingerprint density at radius 1 is 0.880 bits per heavy atom. The highest BCUT2D eigenvalue weighted by Gasteiger charge is 2.21. The van der Waals surface area contributed by atoms with Crippen molar-refractivity contribution >= 4 is 22.6 Å². The molecule has 7 heteroatoms. The molecule has 0 fully saturated rings. The number of para-hydroxylation sites is 1. The lowest BCUT2D eigenvalue weighted by Gasteiger charge is -2.07. The molecule has 0 unspecified atom stereocenters. The molecule has 0 aliphatic heterocycles. The average molecular weight is 444 g/mol. The first kappa shape index (κ1) is 15.7. The topological polar surface area (TPSA) is 76.1 Å². The minimum atomic E-state index is -0.105. The van der Waals surface area contributed by atoms with Crippen molar-refractivity contribution in [1.29, 1.82) is 0 Å². The summed E-state index contributed by atoms with van der Waals surface area (Å²) in [7, 11) is 0. The first-order valence-corrected chi connectivity index (χ1v) is 8.61. The minimum absolute atomic E-state index is 0.0775. The zero-order chi connectivity index (χ0) is 17.4. The molecule has 124 valence electrons. The van der Waals surface area contributed by atoms with Gasteiger partial charge < -0.3 is 10.2 Å². The third-order valence-corrected chi connectivity index (χ3v) is 4.81. The Balaban J connectivity index is 1.84. The maximum Gasteiger partial charge on any atom is 0.225 e. The van der Waals surface area contributed by atoms with Crippen LogP contribution in [0.3, 0.4) is 0 Å². The zero-order valence-electron chi connectivity index (χ0n) is 12.9. The third kappa shape index (κ3) is 2.66. The fourth-order valence-corrected chi connectivity index (χ4v) is 3.43. The van der Waals surface area contributed by atoms with Gasteiger partial charge in [0.05, 0.1) is 5.69 Å². The Hall–Kier alpha value is -2.81. The SMILES string of the molecule is Oc1cc(-n2nnc(-c3ccccc3)c2I)c(O)n1-c1ccccc1. The molecule has 0 saturated heterocycles. The molecule has 0 atom stereocenters. The van der Waals surface area contributed by atoms with E-state index in [1.165, 1.54) is 15.3 Å². The zero-order valence-corrected chi connectivity index (χ0v) is 15.1. The quantitative estimate of drug-likeness (QED) is 0.473. The number of hydrogen-bond donors (Lipinski definition) is 2. The molecular weight excluding hydrogens is 431 g/mol. The van der Waals surface area contributed by atoms with Gasteiger partial charge in [0, 0.05) is 11.6 Å². The van der Waals surface area contributed by atoms with Gasteiger partial charge in [-0.1, -0.05) is 53.7 Å². The van der Waals surface area contributed by atoms with Gasteiger partial charge in [0.25, 0.3) is 0 Å². The smallest absolute Gasteiger partial charge is 0.225 e. The molecule has 0 radical (unpaired) electrons. The van der Waals surface area contributed by atoms with E-state index >= 15 is 0 Å². The molecule has 2 aromatic carbocycles. The Labute approximate surface area is 157 Å². The van der Waals surface area contributed by atoms with Crippen LogP contribution in [-0.2, 0) is 0 Å². The highest BCUT2D eigenvalue weighted by atomic mass is 127. The van der Waals surface area contributed by atoms with Gasteiger partial charge in [-0.3, -0.25) is 0 Å². The van der Waals surface area contributed by atoms with E-state index in [1.807, 2.05) is 48.5 Å². The maximum atomic E-state index is 10.6. The summed E-state index contributed by atoms with van der Waals surface area (Å²) >= 11 is 2.13. The van der Waals surface area contributed by atoms with Crippen molar-refractivity contribution in [3.05, 3.63) is 70.4 Å². The molecule has 25 heavy (non-hydrogen) atoms. The number of nitrogens with zero attached hydrogens (tertiary/aromatic N) is 4. The molecular formula is C18H13IN4O2. The van der Waals surface area contributed by atoms with Crippen LogP contribution in [0, 0.1) is 3.70 Å². The molecule has 0 aliphatic carbocycles. The summed E-state index contributed by atoms with van der Waals surface area (Å²) in [4.78, 5) is 0. The van der Waals surface area contributed by atoms with E-state index < -0.39 is 0 Å². The fraction of sp³-hybridized carbons (Fsp3) is 0. The first-order valence-electron chi connectivity index (χ1n) is 7.53. The Kier molecular flexibility index (Phi) is 3.92. The van der Waals surface area contributed by atoms with Gasteiger partial charge in [0.15, 0.2) is 0 Å². The monoisotopic (exact) mass is 444 g/mol. The molecule has 0 aliphatic rings. The van der Waals surface area contributed by atoms with Crippen molar-refractivity contribution in [3.63, 3.8) is 0 Å². The summed E-state index contributed by atoms with van der Waals surface area (Å²) in [5.74, 6) is -0.183. The van der Waals surface area contributed by atoms with Gasteiger partial charge >= 0.3 is 0 Å². The number of halogens is 1. The highest BCUT2D eigenvalue weighted by molar-refractivity contribution is 14.1. The summed E-state index contributed by atoms with van der Waals surface area (Å²) < 4.78 is 3.61. The van der Waals surface area contributed by atoms with Crippen molar-refractivity contribution in [2.24, 2.45) is 0 Å². The number of aromatic nitrogens is 4. The van der Waals surface area contributed by atoms with Crippen molar-refractivity contribution in [1.82, 2.24) is 19.6 Å². The summed E-state index contributed by atoms with van der Waals surface area (Å²) in [6, 6.07) is 20.3. The Bertz CT molecular complexity index is 1030. The van der Waals surface area contributed by atoms with E-state index in [2.05, 4.69) is 32.9 Å². The lowest BCUT2D eigenvalue weighted by Crippen LogP contribution is -1.99. The molecule has 4 aromatic rings. The van der Waals surface area contributed by atoms with E-state index in [0.29, 0.717) is 17.1 Å². The van der Waals surface area contributed by atoms with Gasteiger partial charge in [-0.25, -0.2) is 9.25 Å². The van der Waals surface area contributed by atoms with E-state index in [9.17, 15) is 10.2 Å². The standard InChI is InChI=1S/C18H13IN4O2/c19-17-16(12-7-3-1-4-8-12)20-21-23(17)14-11-15(24)22(18(14)25)13-9-5-2-6-10-13/h1-11,24-25H. The fourth-order valence-electron chi connectivity index (χ4n) is 2.66. The molecule has 0 saturated carbocycles. The average Bonchev–Trinajstić information content (AvgIpc) is 3.16. The van der Waals surface area contributed by atoms with Crippen LogP contribution in [0.2, 0.25) is 0 Å². The largest absolute Gasteiger partial charge is 0.494 e. The summed E-state index contributed by atoms with van der Waals surface area (Å²) in [5.41, 5.74) is 2.67. The van der Waals surface area contributed by atoms with Crippen LogP contribution in [0.15, 0.2) is 66.7 Å². The van der Waals surface area contributed by atoms with E-state index in [4.69, 9.17) is 0 Å². The van der Waals surface area contributed by atoms with Crippen LogP contribution in [0.5, 0.6) is 11.8 Å². The van der Waals surface area contributed by atoms with Crippen molar-refractivity contribution < 1.29 is 10.2 Å². The normalized spacial score (nSPS) is 10.9. The molecule has 4 rings (SSSR count). The second-order valence-electron chi connectivity index (χ2n) is 5.39. The van der Waals surface area contributed by atoms with Crippen molar-refractivity contribution in [3.8, 4) is 34.4 Å². The van der Waals surface area contributed by atoms with Crippen LogP contribution >= 0.6 is 22.6 Å². The van der Waals surface area contributed by atoms with Gasteiger partial charge in [0.2, 0.25) is 11.8 Å². The molecule has 0 spiro atoms. The third-order valence-electron chi connectivity index (χ3n) is 3.84. The summed E-state index contributed by atoms with van der Waals surface area (Å²) in [6.45, 7) is 0. The van der Waals surface area contributed by atoms with E-state index in [0.717, 1.165) is 9.26 Å². The first-order chi connectivity index (χ1) is 12.2. The Morgan fingerprint density at radius 3 is 2.20 bits per heavy atom. The molecule has 2 heterocycles. The van der Waals surface area contributed by atoms with Gasteiger partial charge in [-0.05, 0) is 34.7 Å². The predicted molar refractivity (Wildman–Crippen MR) is 102 cm³/mol. The number of hydrogen-bond acceptors (Lipinski definition) is 4.